The third-order valence-corrected chi connectivity index (χ3v) is 9.76. The number of guanidine groups is 1. The summed E-state index contributed by atoms with van der Waals surface area (Å²) in [7, 11) is -3.16. The minimum atomic E-state index is -4.44. The zero-order valence-corrected chi connectivity index (χ0v) is 21.2. The largest absolute Gasteiger partial charge is 0.390 e. The number of amides is 1. The molecule has 15 heteroatoms. The third kappa shape index (κ3) is 4.68. The predicted molar refractivity (Wildman–Crippen MR) is 129 cm³/mol. The summed E-state index contributed by atoms with van der Waals surface area (Å²) in [6, 6.07) is 5.63. The summed E-state index contributed by atoms with van der Waals surface area (Å²) in [6.07, 6.45) is -4.88. The molecule has 0 aliphatic carbocycles. The number of nitrogens with zero attached hydrogens (tertiary/aromatic N) is 4. The van der Waals surface area contributed by atoms with Crippen molar-refractivity contribution in [1.82, 2.24) is 14.2 Å². The maximum Gasteiger partial charge on any atom is 0.390 e. The Morgan fingerprint density at radius 1 is 1.21 bits per heavy atom. The second-order valence-electron chi connectivity index (χ2n) is 9.41. The summed E-state index contributed by atoms with van der Waals surface area (Å²) in [5, 5.41) is 2.50. The van der Waals surface area contributed by atoms with Crippen LogP contribution in [0.3, 0.4) is 0 Å². The van der Waals surface area contributed by atoms with Crippen LogP contribution >= 0.6 is 0 Å². The van der Waals surface area contributed by atoms with E-state index in [-0.39, 0.29) is 36.5 Å². The van der Waals surface area contributed by atoms with Crippen molar-refractivity contribution in [3.05, 3.63) is 59.4 Å². The molecule has 2 aliphatic rings. The van der Waals surface area contributed by atoms with Crippen LogP contribution in [0.25, 0.3) is 0 Å². The predicted octanol–water partition coefficient (Wildman–Crippen LogP) is 2.81. The van der Waals surface area contributed by atoms with Gasteiger partial charge in [0.2, 0.25) is 16.0 Å². The van der Waals surface area contributed by atoms with Crippen LogP contribution in [0.1, 0.15) is 35.8 Å². The average Bonchev–Trinajstić information content (AvgIpc) is 3.29. The van der Waals surface area contributed by atoms with Gasteiger partial charge in [-0.2, -0.15) is 13.2 Å². The van der Waals surface area contributed by atoms with Crippen molar-refractivity contribution in [3.63, 3.8) is 0 Å². The molecular weight excluding hydrogens is 535 g/mol. The summed E-state index contributed by atoms with van der Waals surface area (Å²) >= 11 is 0. The van der Waals surface area contributed by atoms with E-state index in [2.05, 4.69) is 15.3 Å². The van der Waals surface area contributed by atoms with Crippen molar-refractivity contribution in [2.75, 3.05) is 32.0 Å². The number of aromatic nitrogens is 1. The SMILES string of the molecule is CN1C(N)=N[C@](C)(c2cc(NC(=O)c3ccc(F)cn3)ccc2F)C2(CCN(CCC(F)(F)F)C2)S1(=O)=O. The lowest BCUT2D eigenvalue weighted by Gasteiger charge is -2.48. The quantitative estimate of drug-likeness (QED) is 0.543. The molecule has 206 valence electrons. The number of sulfonamides is 1. The first-order chi connectivity index (χ1) is 17.6. The van der Waals surface area contributed by atoms with Crippen LogP contribution < -0.4 is 11.1 Å². The fourth-order valence-corrected chi connectivity index (χ4v) is 7.13. The van der Waals surface area contributed by atoms with E-state index < -0.39 is 63.0 Å². The summed E-state index contributed by atoms with van der Waals surface area (Å²) in [4.78, 5) is 22.0. The Morgan fingerprint density at radius 3 is 2.55 bits per heavy atom. The van der Waals surface area contributed by atoms with Crippen molar-refractivity contribution in [2.45, 2.75) is 36.2 Å². The van der Waals surface area contributed by atoms with Gasteiger partial charge in [0.25, 0.3) is 5.91 Å². The smallest absolute Gasteiger partial charge is 0.369 e. The van der Waals surface area contributed by atoms with Crippen LogP contribution in [0.15, 0.2) is 41.5 Å². The Balaban J connectivity index is 1.76. The molecular formula is C23H25F5N6O3S. The highest BCUT2D eigenvalue weighted by atomic mass is 32.2. The Hall–Kier alpha value is -3.33. The number of hydrogen-bond acceptors (Lipinski definition) is 7. The first-order valence-corrected chi connectivity index (χ1v) is 12.9. The van der Waals surface area contributed by atoms with Gasteiger partial charge in [-0.15, -0.1) is 0 Å². The van der Waals surface area contributed by atoms with Gasteiger partial charge in [0.15, 0.2) is 0 Å². The highest BCUT2D eigenvalue weighted by molar-refractivity contribution is 7.91. The lowest BCUT2D eigenvalue weighted by molar-refractivity contribution is -0.137. The molecule has 9 nitrogen and oxygen atoms in total. The Labute approximate surface area is 215 Å². The van der Waals surface area contributed by atoms with Gasteiger partial charge in [0.1, 0.15) is 27.6 Å². The standard InChI is InChI=1S/C23H25F5N6O3S/c1-21(16-11-15(4-5-17(16)25)31-19(35)18-6-3-14(24)12-30-18)22(38(36,37)33(2)20(29)32-21)7-9-34(13-22)10-8-23(26,27)28/h3-6,11-12H,7-10,13H2,1-2H3,(H2,29,32)(H,31,35)/t21-,22?/m1/s1. The van der Waals surface area contributed by atoms with Crippen LogP contribution in [-0.2, 0) is 15.6 Å². The Morgan fingerprint density at radius 2 is 1.92 bits per heavy atom. The van der Waals surface area contributed by atoms with Gasteiger partial charge in [-0.1, -0.05) is 0 Å². The summed E-state index contributed by atoms with van der Waals surface area (Å²) in [6.45, 7) is 0.577. The number of carbonyl (C=O) groups is 1. The van der Waals surface area contributed by atoms with E-state index in [9.17, 15) is 30.8 Å². The number of aliphatic imine (C=N–C) groups is 1. The molecule has 1 saturated heterocycles. The number of pyridine rings is 1. The van der Waals surface area contributed by atoms with Gasteiger partial charge in [-0.3, -0.25) is 4.79 Å². The second kappa shape index (κ2) is 9.45. The van der Waals surface area contributed by atoms with E-state index >= 15 is 4.39 Å². The molecule has 3 heterocycles. The second-order valence-corrected chi connectivity index (χ2v) is 11.7. The zero-order valence-electron chi connectivity index (χ0n) is 20.4. The summed E-state index contributed by atoms with van der Waals surface area (Å²) in [5.74, 6) is -2.66. The third-order valence-electron chi connectivity index (χ3n) is 7.13. The molecule has 0 saturated carbocycles. The first kappa shape index (κ1) is 27.7. The van der Waals surface area contributed by atoms with Crippen LogP contribution in [0.2, 0.25) is 0 Å². The van der Waals surface area contributed by atoms with Crippen molar-refractivity contribution in [3.8, 4) is 0 Å². The van der Waals surface area contributed by atoms with E-state index in [1.807, 2.05) is 0 Å². The van der Waals surface area contributed by atoms with E-state index in [0.717, 1.165) is 28.7 Å². The normalized spacial score (nSPS) is 25.4. The Bertz CT molecular complexity index is 1380. The van der Waals surface area contributed by atoms with Crippen molar-refractivity contribution < 1.29 is 35.2 Å². The molecule has 0 radical (unpaired) electrons. The summed E-state index contributed by atoms with van der Waals surface area (Å²) < 4.78 is 93.5. The van der Waals surface area contributed by atoms with Crippen LogP contribution in [-0.4, -0.2) is 72.1 Å². The number of rotatable bonds is 5. The number of halogens is 5. The lowest BCUT2D eigenvalue weighted by Crippen LogP contribution is -2.66. The number of carbonyl (C=O) groups excluding carboxylic acids is 1. The molecule has 1 fully saturated rings. The lowest BCUT2D eigenvalue weighted by atomic mass is 9.78. The maximum atomic E-state index is 15.4. The van der Waals surface area contributed by atoms with Crippen LogP contribution in [0.4, 0.5) is 27.6 Å². The highest BCUT2D eigenvalue weighted by Gasteiger charge is 2.66. The first-order valence-electron chi connectivity index (χ1n) is 11.5. The van der Waals surface area contributed by atoms with Gasteiger partial charge in [-0.25, -0.2) is 31.5 Å². The van der Waals surface area contributed by atoms with E-state index in [4.69, 9.17) is 5.73 Å². The zero-order chi connectivity index (χ0) is 28.1. The number of benzene rings is 1. The fourth-order valence-electron chi connectivity index (χ4n) is 4.97. The Kier molecular flexibility index (Phi) is 6.89. The highest BCUT2D eigenvalue weighted by Crippen LogP contribution is 2.52. The van der Waals surface area contributed by atoms with E-state index in [1.165, 1.54) is 31.0 Å². The summed E-state index contributed by atoms with van der Waals surface area (Å²) in [5.41, 5.74) is 3.78. The van der Waals surface area contributed by atoms with Crippen molar-refractivity contribution in [1.29, 1.82) is 0 Å². The maximum absolute atomic E-state index is 15.4. The number of likely N-dealkylation sites (tertiary alicyclic amines) is 1. The molecule has 0 bridgehead atoms. The molecule has 1 unspecified atom stereocenters. The molecule has 3 N–H and O–H groups in total. The molecule has 1 aromatic heterocycles. The number of nitrogens with one attached hydrogen (secondary N) is 1. The van der Waals surface area contributed by atoms with Crippen molar-refractivity contribution in [2.24, 2.45) is 10.7 Å². The van der Waals surface area contributed by atoms with Crippen LogP contribution in [0.5, 0.6) is 0 Å². The molecule has 2 atom stereocenters. The minimum Gasteiger partial charge on any atom is -0.369 e. The number of hydrogen-bond donors (Lipinski definition) is 2. The van der Waals surface area contributed by atoms with Gasteiger partial charge in [0.05, 0.1) is 12.6 Å². The molecule has 38 heavy (non-hydrogen) atoms. The fraction of sp³-hybridized carbons (Fsp3) is 0.435. The molecule has 2 aromatic rings. The molecule has 1 amide bonds. The average molecular weight is 561 g/mol. The molecule has 1 spiro atoms. The van der Waals surface area contributed by atoms with Gasteiger partial charge in [0, 0.05) is 31.4 Å². The molecule has 1 aromatic carbocycles. The van der Waals surface area contributed by atoms with E-state index in [0.29, 0.717) is 0 Å². The van der Waals surface area contributed by atoms with Crippen LogP contribution in [0, 0.1) is 11.6 Å². The molecule has 2 aliphatic heterocycles. The van der Waals surface area contributed by atoms with Gasteiger partial charge >= 0.3 is 6.18 Å². The number of alkyl halides is 3. The number of anilines is 1. The monoisotopic (exact) mass is 560 g/mol. The van der Waals surface area contributed by atoms with Gasteiger partial charge < -0.3 is 16.0 Å². The van der Waals surface area contributed by atoms with Crippen molar-refractivity contribution >= 4 is 27.6 Å². The number of nitrogens with two attached hydrogens (primary N) is 1. The topological polar surface area (TPSA) is 121 Å². The molecule has 4 rings (SSSR count). The van der Waals surface area contributed by atoms with Gasteiger partial charge in [-0.05, 0) is 50.2 Å². The minimum absolute atomic E-state index is 0.00243. The van der Waals surface area contributed by atoms with E-state index in [1.54, 1.807) is 0 Å².